The Bertz CT molecular complexity index is 855. The molecular weight excluding hydrogens is 306 g/mol. The lowest BCUT2D eigenvalue weighted by molar-refractivity contribution is -0.122. The molecule has 1 N–H and O–H groups in total. The first-order chi connectivity index (χ1) is 11.8. The van der Waals surface area contributed by atoms with E-state index in [1.807, 2.05) is 24.3 Å². The number of carbonyl (C=O) groups excluding carboxylic acids is 1. The van der Waals surface area contributed by atoms with Gasteiger partial charge < -0.3 is 14.5 Å². The summed E-state index contributed by atoms with van der Waals surface area (Å²) in [7, 11) is 0. The first-order valence-electron chi connectivity index (χ1n) is 7.97. The molecule has 24 heavy (non-hydrogen) atoms. The molecule has 1 aliphatic rings. The van der Waals surface area contributed by atoms with Gasteiger partial charge in [-0.2, -0.15) is 0 Å². The molecule has 0 aliphatic carbocycles. The summed E-state index contributed by atoms with van der Waals surface area (Å²) in [6, 6.07) is 7.82. The zero-order chi connectivity index (χ0) is 16.4. The summed E-state index contributed by atoms with van der Waals surface area (Å²) in [5.41, 5.74) is 0.938. The highest BCUT2D eigenvalue weighted by Crippen LogP contribution is 2.25. The molecule has 1 amide bonds. The second-order valence-corrected chi connectivity index (χ2v) is 5.87. The highest BCUT2D eigenvalue weighted by Gasteiger charge is 2.21. The SMILES string of the molecule is O=C(Nc1cc2cc(-c3cnco3)ccc2cn1)C1CCOCC1. The average Bonchev–Trinajstić information content (AvgIpc) is 3.16. The summed E-state index contributed by atoms with van der Waals surface area (Å²) in [4.78, 5) is 20.6. The third kappa shape index (κ3) is 3.00. The number of amides is 1. The molecule has 3 aromatic rings. The van der Waals surface area contributed by atoms with E-state index in [-0.39, 0.29) is 11.8 Å². The zero-order valence-corrected chi connectivity index (χ0v) is 13.1. The number of hydrogen-bond donors (Lipinski definition) is 1. The van der Waals surface area contributed by atoms with E-state index < -0.39 is 0 Å². The van der Waals surface area contributed by atoms with Crippen LogP contribution in [-0.2, 0) is 9.53 Å². The number of carbonyl (C=O) groups is 1. The van der Waals surface area contributed by atoms with Crippen LogP contribution in [-0.4, -0.2) is 29.1 Å². The van der Waals surface area contributed by atoms with Gasteiger partial charge in [-0.1, -0.05) is 12.1 Å². The quantitative estimate of drug-likeness (QED) is 0.800. The third-order valence-corrected chi connectivity index (χ3v) is 4.28. The average molecular weight is 323 g/mol. The van der Waals surface area contributed by atoms with Crippen LogP contribution >= 0.6 is 0 Å². The van der Waals surface area contributed by atoms with Crippen LogP contribution < -0.4 is 5.32 Å². The summed E-state index contributed by atoms with van der Waals surface area (Å²) >= 11 is 0. The molecule has 0 saturated carbocycles. The Kier molecular flexibility index (Phi) is 3.96. The molecule has 1 fully saturated rings. The van der Waals surface area contributed by atoms with Crippen molar-refractivity contribution in [1.82, 2.24) is 9.97 Å². The molecule has 1 saturated heterocycles. The minimum atomic E-state index is -0.00299. The molecule has 0 bridgehead atoms. The van der Waals surface area contributed by atoms with E-state index in [0.29, 0.717) is 24.8 Å². The summed E-state index contributed by atoms with van der Waals surface area (Å²) < 4.78 is 10.6. The second kappa shape index (κ2) is 6.41. The molecule has 6 heteroatoms. The highest BCUT2D eigenvalue weighted by atomic mass is 16.5. The highest BCUT2D eigenvalue weighted by molar-refractivity contribution is 5.94. The van der Waals surface area contributed by atoms with Crippen LogP contribution in [0, 0.1) is 5.92 Å². The van der Waals surface area contributed by atoms with Crippen LogP contribution in [0.3, 0.4) is 0 Å². The summed E-state index contributed by atoms with van der Waals surface area (Å²) in [5, 5.41) is 4.91. The van der Waals surface area contributed by atoms with Crippen LogP contribution in [0.5, 0.6) is 0 Å². The fourth-order valence-corrected chi connectivity index (χ4v) is 2.91. The number of hydrogen-bond acceptors (Lipinski definition) is 5. The van der Waals surface area contributed by atoms with E-state index in [0.717, 1.165) is 29.2 Å². The largest absolute Gasteiger partial charge is 0.444 e. The molecule has 1 aliphatic heterocycles. The molecule has 1 aromatic carbocycles. The lowest BCUT2D eigenvalue weighted by Gasteiger charge is -2.21. The maximum absolute atomic E-state index is 12.3. The lowest BCUT2D eigenvalue weighted by Crippen LogP contribution is -2.28. The van der Waals surface area contributed by atoms with Crippen LogP contribution in [0.2, 0.25) is 0 Å². The summed E-state index contributed by atoms with van der Waals surface area (Å²) in [6.45, 7) is 1.29. The van der Waals surface area contributed by atoms with Gasteiger partial charge in [0.05, 0.1) is 6.20 Å². The van der Waals surface area contributed by atoms with Crippen molar-refractivity contribution in [2.75, 3.05) is 18.5 Å². The number of oxazole rings is 1. The summed E-state index contributed by atoms with van der Waals surface area (Å²) in [6.07, 6.45) is 6.37. The van der Waals surface area contributed by atoms with E-state index in [1.54, 1.807) is 12.4 Å². The number of nitrogens with one attached hydrogen (secondary N) is 1. The van der Waals surface area contributed by atoms with Crippen molar-refractivity contribution in [3.8, 4) is 11.3 Å². The van der Waals surface area contributed by atoms with Crippen molar-refractivity contribution in [3.63, 3.8) is 0 Å². The molecule has 0 unspecified atom stereocenters. The Morgan fingerprint density at radius 1 is 1.12 bits per heavy atom. The maximum Gasteiger partial charge on any atom is 0.228 e. The number of benzene rings is 1. The van der Waals surface area contributed by atoms with E-state index in [2.05, 4.69) is 15.3 Å². The standard InChI is InChI=1S/C18H17N3O3/c22-18(12-3-5-23-6-4-12)21-17-8-15-7-13(16-10-19-11-24-16)1-2-14(15)9-20-17/h1-2,7-12H,3-6H2,(H,20,21,22). The van der Waals surface area contributed by atoms with Gasteiger partial charge in [0.2, 0.25) is 5.91 Å². The third-order valence-electron chi connectivity index (χ3n) is 4.28. The van der Waals surface area contributed by atoms with Gasteiger partial charge in [-0.25, -0.2) is 9.97 Å². The number of ether oxygens (including phenoxy) is 1. The molecule has 0 radical (unpaired) electrons. The van der Waals surface area contributed by atoms with Gasteiger partial charge in [0.25, 0.3) is 0 Å². The number of aromatic nitrogens is 2. The van der Waals surface area contributed by atoms with Crippen molar-refractivity contribution in [2.24, 2.45) is 5.92 Å². The first kappa shape index (κ1) is 14.8. The van der Waals surface area contributed by atoms with Crippen LogP contribution in [0.25, 0.3) is 22.1 Å². The minimum absolute atomic E-state index is 0.00299. The number of rotatable bonds is 3. The van der Waals surface area contributed by atoms with E-state index in [4.69, 9.17) is 9.15 Å². The zero-order valence-electron chi connectivity index (χ0n) is 13.1. The van der Waals surface area contributed by atoms with Gasteiger partial charge in [0, 0.05) is 36.3 Å². The molecule has 6 nitrogen and oxygen atoms in total. The van der Waals surface area contributed by atoms with Crippen LogP contribution in [0.15, 0.2) is 47.5 Å². The number of pyridine rings is 1. The smallest absolute Gasteiger partial charge is 0.228 e. The van der Waals surface area contributed by atoms with Gasteiger partial charge in [-0.3, -0.25) is 4.79 Å². The Morgan fingerprint density at radius 3 is 2.79 bits per heavy atom. The first-order valence-corrected chi connectivity index (χ1v) is 7.97. The van der Waals surface area contributed by atoms with Crippen molar-refractivity contribution < 1.29 is 13.9 Å². The summed E-state index contributed by atoms with van der Waals surface area (Å²) in [5.74, 6) is 1.28. The van der Waals surface area contributed by atoms with Crippen molar-refractivity contribution in [1.29, 1.82) is 0 Å². The Hall–Kier alpha value is -2.73. The molecular formula is C18H17N3O3. The molecule has 2 aromatic heterocycles. The monoisotopic (exact) mass is 323 g/mol. The Labute approximate surface area is 138 Å². The van der Waals surface area contributed by atoms with Crippen molar-refractivity contribution >= 4 is 22.5 Å². The molecule has 4 rings (SSSR count). The maximum atomic E-state index is 12.3. The fourth-order valence-electron chi connectivity index (χ4n) is 2.91. The topological polar surface area (TPSA) is 77.3 Å². The van der Waals surface area contributed by atoms with Crippen molar-refractivity contribution in [2.45, 2.75) is 12.8 Å². The normalized spacial score (nSPS) is 15.5. The number of anilines is 1. The van der Waals surface area contributed by atoms with Gasteiger partial charge in [-0.05, 0) is 30.4 Å². The van der Waals surface area contributed by atoms with Gasteiger partial charge in [-0.15, -0.1) is 0 Å². The number of nitrogens with zero attached hydrogens (tertiary/aromatic N) is 2. The van der Waals surface area contributed by atoms with E-state index in [1.165, 1.54) is 6.39 Å². The minimum Gasteiger partial charge on any atom is -0.444 e. The van der Waals surface area contributed by atoms with Crippen molar-refractivity contribution in [3.05, 3.63) is 43.1 Å². The van der Waals surface area contributed by atoms with Crippen LogP contribution in [0.4, 0.5) is 5.82 Å². The Balaban J connectivity index is 1.58. The van der Waals surface area contributed by atoms with Crippen LogP contribution in [0.1, 0.15) is 12.8 Å². The second-order valence-electron chi connectivity index (χ2n) is 5.87. The molecule has 0 atom stereocenters. The van der Waals surface area contributed by atoms with Gasteiger partial charge in [0.15, 0.2) is 12.2 Å². The lowest BCUT2D eigenvalue weighted by atomic mass is 9.99. The van der Waals surface area contributed by atoms with E-state index >= 15 is 0 Å². The Morgan fingerprint density at radius 2 is 2.00 bits per heavy atom. The fraction of sp³-hybridized carbons (Fsp3) is 0.278. The predicted molar refractivity (Wildman–Crippen MR) is 89.4 cm³/mol. The van der Waals surface area contributed by atoms with Gasteiger partial charge in [0.1, 0.15) is 5.82 Å². The number of fused-ring (bicyclic) bond motifs is 1. The predicted octanol–water partition coefficient (Wildman–Crippen LogP) is 3.25. The molecule has 3 heterocycles. The van der Waals surface area contributed by atoms with Gasteiger partial charge >= 0.3 is 0 Å². The van der Waals surface area contributed by atoms with E-state index in [9.17, 15) is 4.79 Å². The molecule has 0 spiro atoms. The molecule has 122 valence electrons.